The molecule has 12 rings (SSSR count). The number of nitrogens with zero attached hydrogens (tertiary/aromatic N) is 6. The quantitative estimate of drug-likeness (QED) is 0.0162. The maximum absolute atomic E-state index is 14.4. The Labute approximate surface area is 596 Å². The molecule has 4 heterocycles. The van der Waals surface area contributed by atoms with E-state index in [9.17, 15) is 28.8 Å². The normalized spacial score (nSPS) is 12.1. The SMILES string of the molecule is CC(=O)ON=C(Cc1cccs1)c1ccc2c(c1)c1cc(C(=O)c3ccc(OCCOCCOc4ccc(C(=O)c5ccc6c(c5)c5cc(C(Cc7cccs7)=NOC(C)=O)ccc5n6-c5ccc(/C(C)=N/OC(C)=O)cc5)c(Cl)c4)cc3Cl)ccc1n2-c1ccc(/C(C)=N/OC(C)=O)cc1. The van der Waals surface area contributed by atoms with Gasteiger partial charge in [-0.3, -0.25) is 9.59 Å². The highest BCUT2D eigenvalue weighted by Gasteiger charge is 2.23. The lowest BCUT2D eigenvalue weighted by Gasteiger charge is -2.11. The van der Waals surface area contributed by atoms with Gasteiger partial charge in [0, 0.05) is 117 Å². The number of aromatic nitrogens is 2. The van der Waals surface area contributed by atoms with E-state index in [0.29, 0.717) is 58.3 Å². The number of ether oxygens (including phenoxy) is 3. The van der Waals surface area contributed by atoms with E-state index in [1.807, 2.05) is 144 Å². The van der Waals surface area contributed by atoms with Crippen molar-refractivity contribution in [3.05, 3.63) is 257 Å². The molecule has 4 aromatic heterocycles. The summed E-state index contributed by atoms with van der Waals surface area (Å²) in [5.41, 5.74) is 11.3. The summed E-state index contributed by atoms with van der Waals surface area (Å²) in [6, 6.07) is 55.7. The molecule has 0 amide bonds. The lowest BCUT2D eigenvalue weighted by atomic mass is 9.99. The van der Waals surface area contributed by atoms with Crippen LogP contribution >= 0.6 is 45.9 Å². The summed E-state index contributed by atoms with van der Waals surface area (Å²) in [5.74, 6) is -1.91. The molecule has 0 aliphatic heterocycles. The minimum Gasteiger partial charge on any atom is -0.491 e. The Hall–Kier alpha value is -11.2. The van der Waals surface area contributed by atoms with Crippen LogP contribution < -0.4 is 9.47 Å². The summed E-state index contributed by atoms with van der Waals surface area (Å²) in [6.45, 7) is 9.39. The van der Waals surface area contributed by atoms with Gasteiger partial charge in [0.25, 0.3) is 0 Å². The summed E-state index contributed by atoms with van der Waals surface area (Å²) in [6.07, 6.45) is 0.824. The van der Waals surface area contributed by atoms with E-state index in [4.69, 9.17) is 56.8 Å². The molecule has 23 heteroatoms. The molecule has 19 nitrogen and oxygen atoms in total. The zero-order valence-corrected chi connectivity index (χ0v) is 58.4. The molecule has 8 aromatic carbocycles. The topological polar surface area (TPSA) is 226 Å². The number of oxime groups is 4. The standard InChI is InChI=1S/C78H62Cl2N6O13S2/c1-45(81-96-47(3)87)51-11-19-57(20-12-51)85-73-27-15-53(71(83-98-49(5)89)43-61-9-7-35-100-61)37-65(73)67-39-55(17-29-75(67)85)77(91)63-25-23-59(41-69(63)79)94-33-31-93-32-34-95-60-24-26-64(70(80)42-60)78(92)56-18-30-76-68(40-56)66-38-54(72(84-99-50(6)90)44-62-10-8-36-101-62)16-28-74(66)86(76)58-21-13-52(14-22-58)46(2)82-97-48(4)88/h7-30,35-42H,31-34,43-44H2,1-6H3/b81-45+,82-46+,83-71?,84-72?. The number of benzene rings is 8. The fourth-order valence-electron chi connectivity index (χ4n) is 11.5. The lowest BCUT2D eigenvalue weighted by molar-refractivity contribution is -0.141. The van der Waals surface area contributed by atoms with Crippen LogP contribution in [-0.4, -0.2) is 93.9 Å². The first-order valence-electron chi connectivity index (χ1n) is 31.7. The van der Waals surface area contributed by atoms with Gasteiger partial charge >= 0.3 is 23.9 Å². The molecule has 0 N–H and O–H groups in total. The Kier molecular flexibility index (Phi) is 21.6. The Morgan fingerprint density at radius 1 is 0.376 bits per heavy atom. The van der Waals surface area contributed by atoms with Gasteiger partial charge in [-0.25, -0.2) is 19.2 Å². The molecule has 508 valence electrons. The third-order valence-electron chi connectivity index (χ3n) is 16.2. The molecule has 0 aliphatic rings. The van der Waals surface area contributed by atoms with E-state index in [2.05, 4.69) is 29.8 Å². The molecule has 0 aliphatic carbocycles. The summed E-state index contributed by atoms with van der Waals surface area (Å²) in [4.78, 5) is 98.0. The average molecular weight is 1430 g/mol. The Morgan fingerprint density at radius 2 is 0.713 bits per heavy atom. The van der Waals surface area contributed by atoms with Crippen molar-refractivity contribution in [2.45, 2.75) is 54.4 Å². The van der Waals surface area contributed by atoms with Crippen LogP contribution in [-0.2, 0) is 56.1 Å². The first-order valence-corrected chi connectivity index (χ1v) is 34.2. The van der Waals surface area contributed by atoms with Crippen LogP contribution in [0.2, 0.25) is 10.0 Å². The predicted octanol–water partition coefficient (Wildman–Crippen LogP) is 16.8. The van der Waals surface area contributed by atoms with Crippen LogP contribution in [0.4, 0.5) is 0 Å². The summed E-state index contributed by atoms with van der Waals surface area (Å²) >= 11 is 16.8. The summed E-state index contributed by atoms with van der Waals surface area (Å²) in [7, 11) is 0. The average Bonchev–Trinajstić information content (AvgIpc) is 1.60. The van der Waals surface area contributed by atoms with Crippen molar-refractivity contribution in [3.8, 4) is 22.9 Å². The van der Waals surface area contributed by atoms with Gasteiger partial charge in [0.1, 0.15) is 24.7 Å². The fourth-order valence-corrected chi connectivity index (χ4v) is 13.4. The second kappa shape index (κ2) is 31.3. The van der Waals surface area contributed by atoms with E-state index < -0.39 is 23.9 Å². The molecular weight excluding hydrogens is 1360 g/mol. The maximum atomic E-state index is 14.4. The van der Waals surface area contributed by atoms with Crippen LogP contribution in [0, 0.1) is 0 Å². The van der Waals surface area contributed by atoms with Crippen molar-refractivity contribution in [2.75, 3.05) is 26.4 Å². The van der Waals surface area contributed by atoms with Gasteiger partial charge in [0.2, 0.25) is 0 Å². The van der Waals surface area contributed by atoms with Crippen LogP contribution in [0.25, 0.3) is 55.0 Å². The third-order valence-corrected chi connectivity index (χ3v) is 18.6. The third kappa shape index (κ3) is 16.3. The second-order valence-corrected chi connectivity index (χ2v) is 26.1. The molecule has 101 heavy (non-hydrogen) atoms. The molecule has 0 bridgehead atoms. The number of hydrogen-bond acceptors (Lipinski definition) is 19. The maximum Gasteiger partial charge on any atom is 0.331 e. The van der Waals surface area contributed by atoms with Crippen molar-refractivity contribution in [3.63, 3.8) is 0 Å². The van der Waals surface area contributed by atoms with Gasteiger partial charge in [-0.1, -0.05) is 92.4 Å². The van der Waals surface area contributed by atoms with Crippen LogP contribution in [0.1, 0.15) is 105 Å². The summed E-state index contributed by atoms with van der Waals surface area (Å²) in [5, 5.41) is 23.9. The zero-order chi connectivity index (χ0) is 70.8. The van der Waals surface area contributed by atoms with Gasteiger partial charge in [0.15, 0.2) is 11.6 Å². The fraction of sp³-hybridized carbons (Fsp3) is 0.154. The molecule has 0 fully saturated rings. The first-order chi connectivity index (χ1) is 48.8. The van der Waals surface area contributed by atoms with E-state index >= 15 is 0 Å². The number of ketones is 2. The van der Waals surface area contributed by atoms with Crippen LogP contribution in [0.15, 0.2) is 213 Å². The number of carbonyl (C=O) groups excluding carboxylic acids is 6. The molecule has 12 aromatic rings. The number of hydrogen-bond donors (Lipinski definition) is 0. The number of halogens is 2. The van der Waals surface area contributed by atoms with Crippen molar-refractivity contribution in [1.82, 2.24) is 9.13 Å². The number of thiophene rings is 2. The highest BCUT2D eigenvalue weighted by molar-refractivity contribution is 7.10. The van der Waals surface area contributed by atoms with Gasteiger partial charge in [-0.05, 0) is 169 Å². The van der Waals surface area contributed by atoms with Crippen molar-refractivity contribution >= 4 is 148 Å². The Morgan fingerprint density at radius 3 is 1.05 bits per heavy atom. The minimum absolute atomic E-state index is 0.164. The molecule has 0 spiro atoms. The second-order valence-electron chi connectivity index (χ2n) is 23.2. The minimum atomic E-state index is -0.550. The number of rotatable bonds is 26. The highest BCUT2D eigenvalue weighted by atomic mass is 35.5. The molecule has 0 saturated heterocycles. The summed E-state index contributed by atoms with van der Waals surface area (Å²) < 4.78 is 22.0. The van der Waals surface area contributed by atoms with Gasteiger partial charge in [-0.15, -0.1) is 22.7 Å². The smallest absolute Gasteiger partial charge is 0.331 e. The lowest BCUT2D eigenvalue weighted by Crippen LogP contribution is -2.12. The molecule has 0 unspecified atom stereocenters. The van der Waals surface area contributed by atoms with Crippen molar-refractivity contribution in [1.29, 1.82) is 0 Å². The van der Waals surface area contributed by atoms with Gasteiger partial charge in [0.05, 0.1) is 68.2 Å². The van der Waals surface area contributed by atoms with E-state index in [1.54, 1.807) is 85.1 Å². The Balaban J connectivity index is 0.705. The van der Waals surface area contributed by atoms with Gasteiger partial charge < -0.3 is 42.7 Å². The van der Waals surface area contributed by atoms with E-state index in [-0.39, 0.29) is 59.2 Å². The molecule has 0 atom stereocenters. The molecular formula is C78H62Cl2N6O13S2. The molecule has 0 saturated carbocycles. The predicted molar refractivity (Wildman–Crippen MR) is 394 cm³/mol. The number of fused-ring (bicyclic) bond motifs is 6. The Bertz CT molecular complexity index is 5000. The van der Waals surface area contributed by atoms with Crippen molar-refractivity contribution in [2.24, 2.45) is 20.6 Å². The van der Waals surface area contributed by atoms with Crippen molar-refractivity contribution < 1.29 is 62.3 Å². The van der Waals surface area contributed by atoms with Crippen LogP contribution in [0.3, 0.4) is 0 Å². The highest BCUT2D eigenvalue weighted by Crippen LogP contribution is 2.38. The zero-order valence-electron chi connectivity index (χ0n) is 55.3. The largest absolute Gasteiger partial charge is 0.491 e. The van der Waals surface area contributed by atoms with E-state index in [1.165, 1.54) is 27.7 Å². The van der Waals surface area contributed by atoms with Crippen LogP contribution in [0.5, 0.6) is 11.5 Å². The van der Waals surface area contributed by atoms with E-state index in [0.717, 1.165) is 87.0 Å². The first kappa shape index (κ1) is 69.7. The van der Waals surface area contributed by atoms with Gasteiger partial charge in [-0.2, -0.15) is 0 Å². The molecule has 0 radical (unpaired) electrons. The number of carbonyl (C=O) groups is 6. The monoisotopic (exact) mass is 1420 g/mol.